The zero-order valence-electron chi connectivity index (χ0n) is 11.5. The number of hydrogen-bond acceptors (Lipinski definition) is 3. The summed E-state index contributed by atoms with van der Waals surface area (Å²) in [7, 11) is 0. The van der Waals surface area contributed by atoms with Gasteiger partial charge in [0.1, 0.15) is 5.82 Å². The Hall–Kier alpha value is -1.09. The predicted octanol–water partition coefficient (Wildman–Crippen LogP) is 2.56. The second-order valence-corrected chi connectivity index (χ2v) is 5.10. The maximum atomic E-state index is 9.55. The third-order valence-electron chi connectivity index (χ3n) is 3.71. The molecule has 1 fully saturated rings. The molecule has 18 heavy (non-hydrogen) atoms. The van der Waals surface area contributed by atoms with E-state index in [1.807, 2.05) is 0 Å². The van der Waals surface area contributed by atoms with Crippen molar-refractivity contribution in [2.75, 3.05) is 18.0 Å². The Labute approximate surface area is 110 Å². The third-order valence-corrected chi connectivity index (χ3v) is 3.71. The Balaban J connectivity index is 2.15. The van der Waals surface area contributed by atoms with Gasteiger partial charge in [-0.1, -0.05) is 26.3 Å². The highest BCUT2D eigenvalue weighted by Crippen LogP contribution is 2.21. The van der Waals surface area contributed by atoms with E-state index in [4.69, 9.17) is 4.98 Å². The van der Waals surface area contributed by atoms with Gasteiger partial charge < -0.3 is 10.0 Å². The number of hydrogen-bond donors (Lipinski definition) is 1. The molecule has 0 atom stereocenters. The monoisotopic (exact) mass is 248 g/mol. The fourth-order valence-corrected chi connectivity index (χ4v) is 2.56. The van der Waals surface area contributed by atoms with E-state index in [1.165, 1.54) is 11.3 Å². The number of piperidine rings is 1. The molecule has 0 aliphatic carbocycles. The van der Waals surface area contributed by atoms with Crippen molar-refractivity contribution in [1.82, 2.24) is 4.98 Å². The lowest BCUT2D eigenvalue weighted by atomic mass is 10.1. The van der Waals surface area contributed by atoms with Crippen molar-refractivity contribution >= 4 is 5.82 Å². The Morgan fingerprint density at radius 3 is 2.61 bits per heavy atom. The van der Waals surface area contributed by atoms with Gasteiger partial charge in [0.15, 0.2) is 0 Å². The Morgan fingerprint density at radius 2 is 2.00 bits per heavy atom. The van der Waals surface area contributed by atoms with Gasteiger partial charge in [0.05, 0.1) is 6.10 Å². The van der Waals surface area contributed by atoms with Crippen LogP contribution in [0.2, 0.25) is 0 Å². The Kier molecular flexibility index (Phi) is 4.59. The van der Waals surface area contributed by atoms with Crippen LogP contribution >= 0.6 is 0 Å². The molecular weight excluding hydrogens is 224 g/mol. The van der Waals surface area contributed by atoms with E-state index in [1.54, 1.807) is 0 Å². The average molecular weight is 248 g/mol. The second-order valence-electron chi connectivity index (χ2n) is 5.10. The average Bonchev–Trinajstić information content (AvgIpc) is 2.40. The van der Waals surface area contributed by atoms with Crippen LogP contribution in [0.5, 0.6) is 0 Å². The number of anilines is 1. The van der Waals surface area contributed by atoms with Crippen LogP contribution in [0, 0.1) is 0 Å². The molecule has 0 radical (unpaired) electrons. The highest BCUT2D eigenvalue weighted by molar-refractivity contribution is 5.42. The molecule has 0 aromatic carbocycles. The lowest BCUT2D eigenvalue weighted by molar-refractivity contribution is 0.145. The first kappa shape index (κ1) is 13.3. The van der Waals surface area contributed by atoms with Crippen molar-refractivity contribution in [3.8, 4) is 0 Å². The van der Waals surface area contributed by atoms with Crippen LogP contribution in [-0.4, -0.2) is 29.3 Å². The molecule has 3 nitrogen and oxygen atoms in total. The first-order valence-electron chi connectivity index (χ1n) is 7.16. The molecule has 1 aliphatic rings. The minimum Gasteiger partial charge on any atom is -0.393 e. The topological polar surface area (TPSA) is 36.4 Å². The molecule has 100 valence electrons. The van der Waals surface area contributed by atoms with Crippen molar-refractivity contribution in [1.29, 1.82) is 0 Å². The number of aliphatic hydroxyl groups excluding tert-OH is 1. The van der Waals surface area contributed by atoms with Gasteiger partial charge >= 0.3 is 0 Å². The van der Waals surface area contributed by atoms with E-state index in [2.05, 4.69) is 30.9 Å². The SMILES string of the molecule is CCCc1nc(N2CCC(O)CC2)ccc1CC. The molecule has 2 heterocycles. The quantitative estimate of drug-likeness (QED) is 0.889. The van der Waals surface area contributed by atoms with Gasteiger partial charge in [-0.3, -0.25) is 0 Å². The smallest absolute Gasteiger partial charge is 0.128 e. The number of aryl methyl sites for hydroxylation is 2. The second kappa shape index (κ2) is 6.19. The largest absolute Gasteiger partial charge is 0.393 e. The molecule has 0 bridgehead atoms. The lowest BCUT2D eigenvalue weighted by Crippen LogP contribution is -2.36. The summed E-state index contributed by atoms with van der Waals surface area (Å²) in [4.78, 5) is 7.12. The van der Waals surface area contributed by atoms with Crippen LogP contribution in [-0.2, 0) is 12.8 Å². The van der Waals surface area contributed by atoms with Crippen LogP contribution < -0.4 is 4.90 Å². The summed E-state index contributed by atoms with van der Waals surface area (Å²) in [6, 6.07) is 4.36. The summed E-state index contributed by atoms with van der Waals surface area (Å²) in [5, 5.41) is 9.55. The number of nitrogens with zero attached hydrogens (tertiary/aromatic N) is 2. The molecule has 1 saturated heterocycles. The zero-order valence-corrected chi connectivity index (χ0v) is 11.5. The summed E-state index contributed by atoms with van der Waals surface area (Å²) in [6.07, 6.45) is 4.86. The first-order chi connectivity index (χ1) is 8.74. The third kappa shape index (κ3) is 3.02. The normalized spacial score (nSPS) is 17.2. The molecular formula is C15H24N2O. The summed E-state index contributed by atoms with van der Waals surface area (Å²) in [5.74, 6) is 1.09. The molecule has 1 aromatic rings. The van der Waals surface area contributed by atoms with Crippen LogP contribution in [0.4, 0.5) is 5.82 Å². The number of rotatable bonds is 4. The number of aliphatic hydroxyl groups is 1. The molecule has 0 saturated carbocycles. The number of aromatic nitrogens is 1. The van der Waals surface area contributed by atoms with E-state index in [0.29, 0.717) is 0 Å². The standard InChI is InChI=1S/C15H24N2O/c1-3-5-14-12(4-2)6-7-15(16-14)17-10-8-13(18)9-11-17/h6-7,13,18H,3-5,8-11H2,1-2H3. The summed E-state index contributed by atoms with van der Waals surface area (Å²) in [5.41, 5.74) is 2.63. The van der Waals surface area contributed by atoms with Gasteiger partial charge in [-0.05, 0) is 37.3 Å². The van der Waals surface area contributed by atoms with Crippen LogP contribution in [0.15, 0.2) is 12.1 Å². The minimum absolute atomic E-state index is 0.119. The van der Waals surface area contributed by atoms with Crippen molar-refractivity contribution in [2.24, 2.45) is 0 Å². The van der Waals surface area contributed by atoms with Gasteiger partial charge in [0.25, 0.3) is 0 Å². The predicted molar refractivity (Wildman–Crippen MR) is 75.1 cm³/mol. The highest BCUT2D eigenvalue weighted by Gasteiger charge is 2.18. The summed E-state index contributed by atoms with van der Waals surface area (Å²) in [6.45, 7) is 6.23. The molecule has 0 amide bonds. The zero-order chi connectivity index (χ0) is 13.0. The molecule has 0 spiro atoms. The van der Waals surface area contributed by atoms with Crippen molar-refractivity contribution in [3.63, 3.8) is 0 Å². The minimum atomic E-state index is -0.119. The first-order valence-corrected chi connectivity index (χ1v) is 7.16. The van der Waals surface area contributed by atoms with Crippen molar-refractivity contribution in [2.45, 2.75) is 52.1 Å². The molecule has 2 rings (SSSR count). The maximum Gasteiger partial charge on any atom is 0.128 e. The van der Waals surface area contributed by atoms with Gasteiger partial charge in [0, 0.05) is 18.8 Å². The Bertz CT molecular complexity index is 384. The van der Waals surface area contributed by atoms with Crippen LogP contribution in [0.1, 0.15) is 44.4 Å². The summed E-state index contributed by atoms with van der Waals surface area (Å²) >= 11 is 0. The molecule has 0 unspecified atom stereocenters. The van der Waals surface area contributed by atoms with Gasteiger partial charge in [-0.25, -0.2) is 4.98 Å². The van der Waals surface area contributed by atoms with E-state index in [-0.39, 0.29) is 6.10 Å². The molecule has 1 N–H and O–H groups in total. The molecule has 3 heteroatoms. The molecule has 1 aromatic heterocycles. The fourth-order valence-electron chi connectivity index (χ4n) is 2.56. The molecule has 1 aliphatic heterocycles. The van der Waals surface area contributed by atoms with E-state index >= 15 is 0 Å². The van der Waals surface area contributed by atoms with Crippen molar-refractivity contribution < 1.29 is 5.11 Å². The number of pyridine rings is 1. The van der Waals surface area contributed by atoms with Crippen LogP contribution in [0.3, 0.4) is 0 Å². The fraction of sp³-hybridized carbons (Fsp3) is 0.667. The van der Waals surface area contributed by atoms with Crippen LogP contribution in [0.25, 0.3) is 0 Å². The van der Waals surface area contributed by atoms with Gasteiger partial charge in [0.2, 0.25) is 0 Å². The van der Waals surface area contributed by atoms with E-state index < -0.39 is 0 Å². The highest BCUT2D eigenvalue weighted by atomic mass is 16.3. The van der Waals surface area contributed by atoms with E-state index in [0.717, 1.165) is 51.0 Å². The van der Waals surface area contributed by atoms with Crippen molar-refractivity contribution in [3.05, 3.63) is 23.4 Å². The van der Waals surface area contributed by atoms with Gasteiger partial charge in [-0.15, -0.1) is 0 Å². The Morgan fingerprint density at radius 1 is 1.28 bits per heavy atom. The lowest BCUT2D eigenvalue weighted by Gasteiger charge is -2.31. The summed E-state index contributed by atoms with van der Waals surface area (Å²) < 4.78 is 0. The van der Waals surface area contributed by atoms with E-state index in [9.17, 15) is 5.11 Å². The van der Waals surface area contributed by atoms with Gasteiger partial charge in [-0.2, -0.15) is 0 Å². The maximum absolute atomic E-state index is 9.55.